The molecule has 0 aliphatic carbocycles. The lowest BCUT2D eigenvalue weighted by atomic mass is 10.1. The summed E-state index contributed by atoms with van der Waals surface area (Å²) in [6.45, 7) is 1.99. The molecule has 8 heteroatoms. The van der Waals surface area contributed by atoms with Crippen LogP contribution in [0.15, 0.2) is 29.1 Å². The van der Waals surface area contributed by atoms with E-state index in [4.69, 9.17) is 10.00 Å². The monoisotopic (exact) mass is 397 g/mol. The highest BCUT2D eigenvalue weighted by atomic mass is 32.1. The molecule has 0 aliphatic rings. The number of ether oxygens (including phenoxy) is 1. The van der Waals surface area contributed by atoms with Crippen molar-refractivity contribution in [3.05, 3.63) is 56.4 Å². The van der Waals surface area contributed by atoms with Crippen LogP contribution in [0.4, 0.5) is 0 Å². The second kappa shape index (κ2) is 8.23. The Bertz CT molecular complexity index is 1120. The van der Waals surface area contributed by atoms with E-state index in [1.165, 1.54) is 0 Å². The van der Waals surface area contributed by atoms with Crippen LogP contribution in [0.1, 0.15) is 39.5 Å². The number of carboxylic acids is 1. The zero-order valence-electron chi connectivity index (χ0n) is 15.6. The Hall–Kier alpha value is -3.18. The highest BCUT2D eigenvalue weighted by Gasteiger charge is 2.21. The zero-order valence-corrected chi connectivity index (χ0v) is 16.4. The molecule has 7 nitrogen and oxygen atoms in total. The van der Waals surface area contributed by atoms with Crippen LogP contribution in [0.3, 0.4) is 0 Å². The molecule has 0 spiro atoms. The predicted octanol–water partition coefficient (Wildman–Crippen LogP) is 3.37. The number of methoxy groups -OCH3 is 1. The molecule has 0 radical (unpaired) electrons. The first-order valence-electron chi connectivity index (χ1n) is 8.72. The average molecular weight is 397 g/mol. The van der Waals surface area contributed by atoms with Crippen LogP contribution in [0.2, 0.25) is 0 Å². The maximum Gasteiger partial charge on any atom is 0.346 e. The van der Waals surface area contributed by atoms with Crippen LogP contribution < -0.4 is 10.3 Å². The summed E-state index contributed by atoms with van der Waals surface area (Å²) in [5.74, 6) is 0.227. The molecular weight excluding hydrogens is 378 g/mol. The van der Waals surface area contributed by atoms with Crippen LogP contribution in [-0.2, 0) is 13.0 Å². The summed E-state index contributed by atoms with van der Waals surface area (Å²) < 4.78 is 6.73. The Balaban J connectivity index is 2.12. The molecule has 0 atom stereocenters. The molecule has 1 N–H and O–H groups in total. The Kier molecular flexibility index (Phi) is 5.76. The molecule has 0 unspecified atom stereocenters. The van der Waals surface area contributed by atoms with E-state index in [1.807, 2.05) is 24.3 Å². The minimum absolute atomic E-state index is 0.129. The third-order valence-corrected chi connectivity index (χ3v) is 5.69. The molecule has 0 fully saturated rings. The van der Waals surface area contributed by atoms with Gasteiger partial charge in [-0.2, -0.15) is 5.26 Å². The zero-order chi connectivity index (χ0) is 20.3. The SMILES string of the molecule is COc1ccc(Cc2nc3sc(C(=O)O)c(C)c3c(=O)n2CCCC#N)cc1. The lowest BCUT2D eigenvalue weighted by molar-refractivity contribution is 0.0701. The van der Waals surface area contributed by atoms with Crippen molar-refractivity contribution < 1.29 is 14.6 Å². The van der Waals surface area contributed by atoms with E-state index in [9.17, 15) is 14.7 Å². The number of thiophene rings is 1. The van der Waals surface area contributed by atoms with Gasteiger partial charge in [-0.3, -0.25) is 9.36 Å². The minimum Gasteiger partial charge on any atom is -0.497 e. The minimum atomic E-state index is -1.06. The van der Waals surface area contributed by atoms with E-state index in [0.717, 1.165) is 22.6 Å². The standard InChI is InChI=1S/C20H19N3O4S/c1-12-16-18(28-17(12)20(25)26)22-15(23(19(16)24)10-4-3-9-21)11-13-5-7-14(27-2)8-6-13/h5-8H,3-4,10-11H2,1-2H3,(H,25,26). The van der Waals surface area contributed by atoms with Crippen LogP contribution in [0.5, 0.6) is 5.75 Å². The van der Waals surface area contributed by atoms with E-state index >= 15 is 0 Å². The molecule has 144 valence electrons. The largest absolute Gasteiger partial charge is 0.497 e. The summed E-state index contributed by atoms with van der Waals surface area (Å²) in [6, 6.07) is 9.56. The Morgan fingerprint density at radius 1 is 1.36 bits per heavy atom. The van der Waals surface area contributed by atoms with Crippen LogP contribution in [0.25, 0.3) is 10.2 Å². The van der Waals surface area contributed by atoms with Gasteiger partial charge in [0.25, 0.3) is 5.56 Å². The summed E-state index contributed by atoms with van der Waals surface area (Å²) in [5, 5.41) is 18.5. The summed E-state index contributed by atoms with van der Waals surface area (Å²) in [4.78, 5) is 29.8. The van der Waals surface area contributed by atoms with E-state index in [-0.39, 0.29) is 10.4 Å². The second-order valence-electron chi connectivity index (χ2n) is 6.31. The van der Waals surface area contributed by atoms with Gasteiger partial charge in [0, 0.05) is 19.4 Å². The molecule has 3 aromatic rings. The van der Waals surface area contributed by atoms with Crippen molar-refractivity contribution in [1.29, 1.82) is 5.26 Å². The van der Waals surface area contributed by atoms with Crippen molar-refractivity contribution in [3.8, 4) is 11.8 Å². The number of aryl methyl sites for hydroxylation is 1. The van der Waals surface area contributed by atoms with Gasteiger partial charge >= 0.3 is 5.97 Å². The van der Waals surface area contributed by atoms with E-state index in [1.54, 1.807) is 18.6 Å². The number of aromatic nitrogens is 2. The number of benzene rings is 1. The summed E-state index contributed by atoms with van der Waals surface area (Å²) in [5.41, 5.74) is 1.13. The maximum absolute atomic E-state index is 13.1. The lowest BCUT2D eigenvalue weighted by Gasteiger charge is -2.12. The molecule has 0 saturated carbocycles. The van der Waals surface area contributed by atoms with Gasteiger partial charge in [-0.05, 0) is 36.6 Å². The molecule has 28 heavy (non-hydrogen) atoms. The van der Waals surface area contributed by atoms with Crippen molar-refractivity contribution in [2.75, 3.05) is 7.11 Å². The Morgan fingerprint density at radius 3 is 2.68 bits per heavy atom. The predicted molar refractivity (Wildman–Crippen MR) is 106 cm³/mol. The number of nitrogens with zero attached hydrogens (tertiary/aromatic N) is 3. The van der Waals surface area contributed by atoms with Gasteiger partial charge in [0.15, 0.2) is 0 Å². The number of hydrogen-bond acceptors (Lipinski definition) is 6. The number of hydrogen-bond donors (Lipinski definition) is 1. The third-order valence-electron chi connectivity index (χ3n) is 4.52. The number of carboxylic acid groups (broad SMARTS) is 1. The maximum atomic E-state index is 13.1. The number of fused-ring (bicyclic) bond motifs is 1. The van der Waals surface area contributed by atoms with Crippen molar-refractivity contribution >= 4 is 27.5 Å². The van der Waals surface area contributed by atoms with Gasteiger partial charge in [0.05, 0.1) is 18.6 Å². The van der Waals surface area contributed by atoms with Gasteiger partial charge in [0.1, 0.15) is 21.3 Å². The smallest absolute Gasteiger partial charge is 0.346 e. The van der Waals surface area contributed by atoms with Crippen LogP contribution in [0, 0.1) is 18.3 Å². The molecule has 1 aromatic carbocycles. The van der Waals surface area contributed by atoms with Gasteiger partial charge in [-0.1, -0.05) is 12.1 Å². The third kappa shape index (κ3) is 3.75. The molecule has 3 rings (SSSR count). The quantitative estimate of drug-likeness (QED) is 0.613. The Morgan fingerprint density at radius 2 is 2.07 bits per heavy atom. The van der Waals surface area contributed by atoms with Crippen molar-refractivity contribution in [2.24, 2.45) is 0 Å². The van der Waals surface area contributed by atoms with E-state index in [2.05, 4.69) is 11.1 Å². The van der Waals surface area contributed by atoms with Crippen LogP contribution in [-0.4, -0.2) is 27.7 Å². The van der Waals surface area contributed by atoms with Crippen molar-refractivity contribution in [2.45, 2.75) is 32.7 Å². The fourth-order valence-electron chi connectivity index (χ4n) is 3.07. The van der Waals surface area contributed by atoms with Crippen molar-refractivity contribution in [1.82, 2.24) is 9.55 Å². The molecule has 2 aromatic heterocycles. The first-order chi connectivity index (χ1) is 13.5. The highest BCUT2D eigenvalue weighted by molar-refractivity contribution is 7.20. The van der Waals surface area contributed by atoms with Gasteiger partial charge in [-0.15, -0.1) is 11.3 Å². The van der Waals surface area contributed by atoms with Gasteiger partial charge < -0.3 is 9.84 Å². The first-order valence-corrected chi connectivity index (χ1v) is 9.54. The second-order valence-corrected chi connectivity index (χ2v) is 7.31. The molecule has 2 heterocycles. The molecular formula is C20H19N3O4S. The van der Waals surface area contributed by atoms with Crippen molar-refractivity contribution in [3.63, 3.8) is 0 Å². The Labute approximate surface area is 165 Å². The number of nitriles is 1. The fraction of sp³-hybridized carbons (Fsp3) is 0.300. The molecule has 0 bridgehead atoms. The molecule has 0 aliphatic heterocycles. The van der Waals surface area contributed by atoms with E-state index in [0.29, 0.717) is 47.4 Å². The number of unbranched alkanes of at least 4 members (excludes halogenated alkanes) is 1. The summed E-state index contributed by atoms with van der Waals surface area (Å²) in [7, 11) is 1.59. The fourth-order valence-corrected chi connectivity index (χ4v) is 4.10. The molecule has 0 amide bonds. The summed E-state index contributed by atoms with van der Waals surface area (Å²) in [6.07, 6.45) is 1.27. The topological polar surface area (TPSA) is 105 Å². The lowest BCUT2D eigenvalue weighted by Crippen LogP contribution is -2.25. The average Bonchev–Trinajstić information content (AvgIpc) is 3.01. The first kappa shape index (κ1) is 19.6. The van der Waals surface area contributed by atoms with Crippen LogP contribution >= 0.6 is 11.3 Å². The van der Waals surface area contributed by atoms with E-state index < -0.39 is 5.97 Å². The summed E-state index contributed by atoms with van der Waals surface area (Å²) >= 11 is 1.02. The molecule has 0 saturated heterocycles. The number of aromatic carboxylic acids is 1. The normalized spacial score (nSPS) is 10.8. The van der Waals surface area contributed by atoms with Gasteiger partial charge in [0.2, 0.25) is 0 Å². The van der Waals surface area contributed by atoms with Gasteiger partial charge in [-0.25, -0.2) is 9.78 Å². The number of carbonyl (C=O) groups is 1. The number of rotatable bonds is 7. The highest BCUT2D eigenvalue weighted by Crippen LogP contribution is 2.28.